The van der Waals surface area contributed by atoms with E-state index >= 15 is 0 Å². The van der Waals surface area contributed by atoms with Gasteiger partial charge in [-0.25, -0.2) is 0 Å². The van der Waals surface area contributed by atoms with Crippen LogP contribution in [0.3, 0.4) is 0 Å². The molecule has 0 heterocycles. The first-order valence-electron chi connectivity index (χ1n) is 7.12. The van der Waals surface area contributed by atoms with Crippen LogP contribution < -0.4 is 0 Å². The van der Waals surface area contributed by atoms with Crippen LogP contribution in [0.4, 0.5) is 0 Å². The van der Waals surface area contributed by atoms with E-state index in [1.165, 1.54) is 0 Å². The van der Waals surface area contributed by atoms with Crippen LogP contribution in [-0.4, -0.2) is 34.1 Å². The maximum absolute atomic E-state index is 10.4. The largest absolute Gasteiger partial charge is 0.393 e. The van der Waals surface area contributed by atoms with E-state index in [9.17, 15) is 10.2 Å². The van der Waals surface area contributed by atoms with Crippen LogP contribution in [0.2, 0.25) is 0 Å². The Kier molecular flexibility index (Phi) is 6.40. The molecule has 0 spiro atoms. The van der Waals surface area contributed by atoms with E-state index < -0.39 is 12.2 Å². The number of aliphatic hydroxyl groups is 3. The molecular weight excluding hydrogens is 252 g/mol. The lowest BCUT2D eigenvalue weighted by Crippen LogP contribution is -2.31. The summed E-state index contributed by atoms with van der Waals surface area (Å²) in [7, 11) is 0. The second kappa shape index (κ2) is 7.58. The van der Waals surface area contributed by atoms with E-state index in [1.807, 2.05) is 45.0 Å². The normalized spacial score (nSPS) is 17.9. The van der Waals surface area contributed by atoms with Gasteiger partial charge in [0.25, 0.3) is 0 Å². The smallest absolute Gasteiger partial charge is 0.0656 e. The highest BCUT2D eigenvalue weighted by Gasteiger charge is 2.26. The van der Waals surface area contributed by atoms with Gasteiger partial charge >= 0.3 is 0 Å². The molecule has 0 saturated carbocycles. The molecular formula is C17H26O3. The fraction of sp³-hybridized carbons (Fsp3) is 0.529. The summed E-state index contributed by atoms with van der Waals surface area (Å²) in [4.78, 5) is 0. The maximum atomic E-state index is 10.4. The van der Waals surface area contributed by atoms with Gasteiger partial charge in [0.1, 0.15) is 0 Å². The van der Waals surface area contributed by atoms with E-state index in [1.54, 1.807) is 13.0 Å². The van der Waals surface area contributed by atoms with Crippen molar-refractivity contribution in [2.45, 2.75) is 45.8 Å². The monoisotopic (exact) mass is 278 g/mol. The van der Waals surface area contributed by atoms with E-state index in [4.69, 9.17) is 5.11 Å². The van der Waals surface area contributed by atoms with Crippen molar-refractivity contribution < 1.29 is 15.3 Å². The molecule has 0 aliphatic heterocycles. The van der Waals surface area contributed by atoms with Crippen LogP contribution in [0.1, 0.15) is 43.4 Å². The van der Waals surface area contributed by atoms with Gasteiger partial charge in [0.15, 0.2) is 0 Å². The van der Waals surface area contributed by atoms with Gasteiger partial charge in [-0.2, -0.15) is 0 Å². The molecule has 1 rings (SSSR count). The molecule has 20 heavy (non-hydrogen) atoms. The molecule has 0 fully saturated rings. The number of rotatable bonds is 6. The molecule has 0 radical (unpaired) electrons. The van der Waals surface area contributed by atoms with E-state index in [0.29, 0.717) is 0 Å². The number of benzene rings is 1. The Morgan fingerprint density at radius 3 is 2.35 bits per heavy atom. The molecule has 0 aromatic heterocycles. The SMILES string of the molecule is Cc1ccc([C@H](C)[C@H](O)[C@H](C)[C@H](C)O)c(/C=C/CO)c1. The van der Waals surface area contributed by atoms with Gasteiger partial charge in [-0.1, -0.05) is 49.8 Å². The van der Waals surface area contributed by atoms with Crippen LogP contribution in [0.25, 0.3) is 6.08 Å². The van der Waals surface area contributed by atoms with Gasteiger partial charge < -0.3 is 15.3 Å². The minimum absolute atomic E-state index is 0.00556. The van der Waals surface area contributed by atoms with Crippen LogP contribution in [0, 0.1) is 12.8 Å². The van der Waals surface area contributed by atoms with Crippen LogP contribution in [-0.2, 0) is 0 Å². The molecule has 0 amide bonds. The lowest BCUT2D eigenvalue weighted by Gasteiger charge is -2.28. The summed E-state index contributed by atoms with van der Waals surface area (Å²) in [5.74, 6) is -0.278. The molecule has 3 N–H and O–H groups in total. The fourth-order valence-electron chi connectivity index (χ4n) is 2.36. The first-order valence-corrected chi connectivity index (χ1v) is 7.12. The number of aryl methyl sites for hydroxylation is 1. The molecule has 3 heteroatoms. The van der Waals surface area contributed by atoms with Gasteiger partial charge in [0.05, 0.1) is 18.8 Å². The van der Waals surface area contributed by atoms with Gasteiger partial charge in [0, 0.05) is 11.8 Å². The topological polar surface area (TPSA) is 60.7 Å². The van der Waals surface area contributed by atoms with E-state index in [2.05, 4.69) is 0 Å². The van der Waals surface area contributed by atoms with Crippen molar-refractivity contribution in [2.75, 3.05) is 6.61 Å². The van der Waals surface area contributed by atoms with Gasteiger partial charge in [0.2, 0.25) is 0 Å². The van der Waals surface area contributed by atoms with Crippen LogP contribution in [0.5, 0.6) is 0 Å². The summed E-state index contributed by atoms with van der Waals surface area (Å²) in [6.45, 7) is 7.52. The minimum atomic E-state index is -0.612. The highest BCUT2D eigenvalue weighted by atomic mass is 16.3. The zero-order valence-corrected chi connectivity index (χ0v) is 12.7. The Balaban J connectivity index is 3.08. The quantitative estimate of drug-likeness (QED) is 0.749. The first-order chi connectivity index (χ1) is 9.38. The second-order valence-corrected chi connectivity index (χ2v) is 5.60. The third-order valence-electron chi connectivity index (χ3n) is 3.95. The van der Waals surface area contributed by atoms with Crippen molar-refractivity contribution in [3.8, 4) is 0 Å². The third kappa shape index (κ3) is 4.17. The molecule has 3 nitrogen and oxygen atoms in total. The lowest BCUT2D eigenvalue weighted by molar-refractivity contribution is 0.0190. The van der Waals surface area contributed by atoms with Gasteiger partial charge in [-0.05, 0) is 25.0 Å². The van der Waals surface area contributed by atoms with Crippen molar-refractivity contribution in [1.82, 2.24) is 0 Å². The van der Waals surface area contributed by atoms with Crippen molar-refractivity contribution in [1.29, 1.82) is 0 Å². The summed E-state index contributed by atoms with van der Waals surface area (Å²) in [6, 6.07) is 6.06. The van der Waals surface area contributed by atoms with Crippen molar-refractivity contribution in [3.63, 3.8) is 0 Å². The molecule has 1 aromatic carbocycles. The fourth-order valence-corrected chi connectivity index (χ4v) is 2.36. The van der Waals surface area contributed by atoms with Crippen molar-refractivity contribution in [3.05, 3.63) is 41.0 Å². The van der Waals surface area contributed by atoms with Crippen LogP contribution in [0.15, 0.2) is 24.3 Å². The average Bonchev–Trinajstić information content (AvgIpc) is 2.42. The van der Waals surface area contributed by atoms with Crippen molar-refractivity contribution in [2.24, 2.45) is 5.92 Å². The van der Waals surface area contributed by atoms with Gasteiger partial charge in [-0.3, -0.25) is 0 Å². The third-order valence-corrected chi connectivity index (χ3v) is 3.95. The number of aliphatic hydroxyl groups excluding tert-OH is 3. The Morgan fingerprint density at radius 2 is 1.80 bits per heavy atom. The minimum Gasteiger partial charge on any atom is -0.393 e. The Morgan fingerprint density at radius 1 is 1.15 bits per heavy atom. The predicted molar refractivity (Wildman–Crippen MR) is 82.6 cm³/mol. The standard InChI is InChI=1S/C17H26O3/c1-11-7-8-16(15(10-11)6-5-9-18)13(3)17(20)12(2)14(4)19/h5-8,10,12-14,17-20H,9H2,1-4H3/b6-5+/t12-,13+,14+,17-/m1/s1. The summed E-state index contributed by atoms with van der Waals surface area (Å²) >= 11 is 0. The Hall–Kier alpha value is -1.16. The zero-order chi connectivity index (χ0) is 15.3. The molecule has 0 aliphatic rings. The van der Waals surface area contributed by atoms with E-state index in [-0.39, 0.29) is 18.4 Å². The predicted octanol–water partition coefficient (Wildman–Crippen LogP) is 2.48. The lowest BCUT2D eigenvalue weighted by atomic mass is 9.83. The highest BCUT2D eigenvalue weighted by Crippen LogP contribution is 2.29. The summed E-state index contributed by atoms with van der Waals surface area (Å²) < 4.78 is 0. The average molecular weight is 278 g/mol. The number of hydrogen-bond acceptors (Lipinski definition) is 3. The Bertz CT molecular complexity index is 452. The number of hydrogen-bond donors (Lipinski definition) is 3. The van der Waals surface area contributed by atoms with E-state index in [0.717, 1.165) is 16.7 Å². The molecule has 4 atom stereocenters. The summed E-state index contributed by atoms with van der Waals surface area (Å²) in [6.07, 6.45) is 2.40. The molecule has 0 saturated heterocycles. The summed E-state index contributed by atoms with van der Waals surface area (Å²) in [5.41, 5.74) is 3.17. The second-order valence-electron chi connectivity index (χ2n) is 5.60. The van der Waals surface area contributed by atoms with Crippen LogP contribution >= 0.6 is 0 Å². The highest BCUT2D eigenvalue weighted by molar-refractivity contribution is 5.56. The Labute approximate surface area is 121 Å². The summed E-state index contributed by atoms with van der Waals surface area (Å²) in [5, 5.41) is 29.0. The molecule has 1 aromatic rings. The molecule has 0 unspecified atom stereocenters. The molecule has 0 bridgehead atoms. The zero-order valence-electron chi connectivity index (χ0n) is 12.7. The molecule has 0 aliphatic carbocycles. The van der Waals surface area contributed by atoms with Gasteiger partial charge in [-0.15, -0.1) is 0 Å². The first kappa shape index (κ1) is 16.9. The molecule has 112 valence electrons. The van der Waals surface area contributed by atoms with Crippen molar-refractivity contribution >= 4 is 6.08 Å². The maximum Gasteiger partial charge on any atom is 0.0656 e.